The Labute approximate surface area is 288 Å². The molecule has 49 heavy (non-hydrogen) atoms. The van der Waals surface area contributed by atoms with Crippen molar-refractivity contribution in [3.05, 3.63) is 63.8 Å². The first-order chi connectivity index (χ1) is 24.0. The summed E-state index contributed by atoms with van der Waals surface area (Å²) in [6.45, 7) is 9.18. The molecular weight excluding hydrogens is 638 g/mol. The van der Waals surface area contributed by atoms with Crippen LogP contribution in [-0.4, -0.2) is 137 Å². The van der Waals surface area contributed by atoms with Crippen molar-refractivity contribution in [3.8, 4) is 5.69 Å². The molecule has 0 saturated carbocycles. The molecule has 1 saturated heterocycles. The van der Waals surface area contributed by atoms with Crippen molar-refractivity contribution < 1.29 is 47.8 Å². The van der Waals surface area contributed by atoms with E-state index in [1.807, 2.05) is 55.9 Å². The molecule has 274 valence electrons. The van der Waals surface area contributed by atoms with Gasteiger partial charge >= 0.3 is 0 Å². The molecule has 1 amide bonds. The van der Waals surface area contributed by atoms with Crippen molar-refractivity contribution >= 4 is 5.91 Å². The maximum atomic E-state index is 14.3. The molecule has 1 N–H and O–H groups in total. The van der Waals surface area contributed by atoms with E-state index in [9.17, 15) is 9.59 Å². The van der Waals surface area contributed by atoms with E-state index in [0.29, 0.717) is 104 Å². The summed E-state index contributed by atoms with van der Waals surface area (Å²) in [6, 6.07) is 9.46. The quantitative estimate of drug-likeness (QED) is 0.308. The summed E-state index contributed by atoms with van der Waals surface area (Å²) in [5, 5.41) is 8.96. The third kappa shape index (κ3) is 11.2. The molecule has 14 nitrogen and oxygen atoms in total. The monoisotopic (exact) mass is 691 g/mol. The second kappa shape index (κ2) is 21.2. The fourth-order valence-corrected chi connectivity index (χ4v) is 5.93. The average molecular weight is 692 g/mol. The standard InChI is InChI=1S/C35H53N3O11/c1-4-48-35-29(10-14-42-18-21-45-17-13-39)30(32-27(2)36(3)38(34(32)41)28-8-6-5-7-9-28)26-31(49-35)33(40)37-11-15-43-19-22-46-24-25-47-23-20-44-16-12-37/h5-9,26,29-30,35,39H,4,10-25H2,1-3H3/t29-,30+,35-/m1/s1. The zero-order valence-corrected chi connectivity index (χ0v) is 29.1. The highest BCUT2D eigenvalue weighted by atomic mass is 16.7. The lowest BCUT2D eigenvalue weighted by atomic mass is 9.81. The van der Waals surface area contributed by atoms with Crippen LogP contribution in [0.3, 0.4) is 0 Å². The summed E-state index contributed by atoms with van der Waals surface area (Å²) in [6.07, 6.45) is 1.44. The zero-order valence-electron chi connectivity index (χ0n) is 29.1. The number of aromatic nitrogens is 2. The first kappa shape index (κ1) is 38.7. The number of para-hydroxylation sites is 1. The molecule has 1 aromatic heterocycles. The molecule has 2 aliphatic heterocycles. The minimum absolute atomic E-state index is 0.0527. The van der Waals surface area contributed by atoms with Crippen molar-refractivity contribution in [2.24, 2.45) is 13.0 Å². The predicted molar refractivity (Wildman–Crippen MR) is 180 cm³/mol. The molecule has 14 heteroatoms. The van der Waals surface area contributed by atoms with Gasteiger partial charge in [-0.05, 0) is 38.5 Å². The highest BCUT2D eigenvalue weighted by molar-refractivity contribution is 5.91. The van der Waals surface area contributed by atoms with Crippen molar-refractivity contribution in [1.82, 2.24) is 14.3 Å². The lowest BCUT2D eigenvalue weighted by molar-refractivity contribution is -0.172. The van der Waals surface area contributed by atoms with E-state index in [4.69, 9.17) is 43.0 Å². The second-order valence-electron chi connectivity index (χ2n) is 11.6. The molecule has 0 unspecified atom stereocenters. The van der Waals surface area contributed by atoms with Crippen LogP contribution in [0.25, 0.3) is 5.69 Å². The lowest BCUT2D eigenvalue weighted by Crippen LogP contribution is -2.43. The van der Waals surface area contributed by atoms with Crippen LogP contribution in [0.5, 0.6) is 0 Å². The van der Waals surface area contributed by atoms with Gasteiger partial charge < -0.3 is 47.9 Å². The fourth-order valence-electron chi connectivity index (χ4n) is 5.93. The number of ether oxygens (including phenoxy) is 8. The first-order valence-electron chi connectivity index (χ1n) is 17.2. The normalized spacial score (nSPS) is 21.8. The van der Waals surface area contributed by atoms with Gasteiger partial charge in [0.25, 0.3) is 11.5 Å². The third-order valence-electron chi connectivity index (χ3n) is 8.48. The number of benzene rings is 1. The summed E-state index contributed by atoms with van der Waals surface area (Å²) in [5.41, 5.74) is 1.88. The topological polar surface area (TPSA) is 141 Å². The smallest absolute Gasteiger partial charge is 0.288 e. The fraction of sp³-hybridized carbons (Fsp3) is 0.657. The molecule has 0 spiro atoms. The number of carbonyl (C=O) groups is 1. The maximum Gasteiger partial charge on any atom is 0.288 e. The number of aliphatic hydroxyl groups excluding tert-OH is 1. The number of nitrogens with zero attached hydrogens (tertiary/aromatic N) is 3. The van der Waals surface area contributed by atoms with Crippen LogP contribution in [0.15, 0.2) is 47.0 Å². The van der Waals surface area contributed by atoms with Gasteiger partial charge in [0.15, 0.2) is 5.76 Å². The second-order valence-corrected chi connectivity index (χ2v) is 11.6. The molecule has 4 rings (SSSR count). The highest BCUT2D eigenvalue weighted by Crippen LogP contribution is 2.39. The van der Waals surface area contributed by atoms with Crippen molar-refractivity contribution in [2.45, 2.75) is 32.5 Å². The largest absolute Gasteiger partial charge is 0.459 e. The summed E-state index contributed by atoms with van der Waals surface area (Å²) < 4.78 is 49.7. The van der Waals surface area contributed by atoms with Gasteiger partial charge in [0.05, 0.1) is 85.0 Å². The molecule has 3 atom stereocenters. The van der Waals surface area contributed by atoms with E-state index in [1.54, 1.807) is 15.7 Å². The minimum Gasteiger partial charge on any atom is -0.459 e. The Morgan fingerprint density at radius 2 is 1.47 bits per heavy atom. The van der Waals surface area contributed by atoms with E-state index < -0.39 is 12.2 Å². The third-order valence-corrected chi connectivity index (χ3v) is 8.48. The number of hydrogen-bond donors (Lipinski definition) is 1. The molecule has 0 radical (unpaired) electrons. The van der Waals surface area contributed by atoms with E-state index in [-0.39, 0.29) is 36.4 Å². The van der Waals surface area contributed by atoms with Crippen LogP contribution in [-0.2, 0) is 49.7 Å². The van der Waals surface area contributed by atoms with Crippen molar-refractivity contribution in [2.75, 3.05) is 106 Å². The van der Waals surface area contributed by atoms with Crippen LogP contribution >= 0.6 is 0 Å². The Hall–Kier alpha value is -3.08. The van der Waals surface area contributed by atoms with E-state index >= 15 is 0 Å². The molecule has 1 fully saturated rings. The molecular formula is C35H53N3O11. The molecule has 0 aliphatic carbocycles. The maximum absolute atomic E-state index is 14.3. The van der Waals surface area contributed by atoms with Crippen LogP contribution in [0, 0.1) is 12.8 Å². The Kier molecular flexibility index (Phi) is 16.8. The Morgan fingerprint density at radius 1 is 0.878 bits per heavy atom. The van der Waals surface area contributed by atoms with Crippen LogP contribution in [0.4, 0.5) is 0 Å². The van der Waals surface area contributed by atoms with Gasteiger partial charge in [0.2, 0.25) is 6.29 Å². The number of aliphatic hydroxyl groups is 1. The summed E-state index contributed by atoms with van der Waals surface area (Å²) in [5.74, 6) is -1.10. The number of allylic oxidation sites excluding steroid dienone is 1. The van der Waals surface area contributed by atoms with Gasteiger partial charge in [0.1, 0.15) is 0 Å². The summed E-state index contributed by atoms with van der Waals surface area (Å²) >= 11 is 0. The van der Waals surface area contributed by atoms with Crippen molar-refractivity contribution in [3.63, 3.8) is 0 Å². The zero-order chi connectivity index (χ0) is 34.8. The number of rotatable bonds is 13. The minimum atomic E-state index is -0.817. The van der Waals surface area contributed by atoms with Gasteiger partial charge in [-0.15, -0.1) is 0 Å². The van der Waals surface area contributed by atoms with Gasteiger partial charge in [-0.1, -0.05) is 18.2 Å². The van der Waals surface area contributed by atoms with Gasteiger partial charge in [-0.2, -0.15) is 0 Å². The van der Waals surface area contributed by atoms with Crippen molar-refractivity contribution in [1.29, 1.82) is 0 Å². The molecule has 2 aliphatic rings. The lowest BCUT2D eigenvalue weighted by Gasteiger charge is -2.37. The van der Waals surface area contributed by atoms with E-state index in [2.05, 4.69) is 0 Å². The number of carbonyl (C=O) groups excluding carboxylic acids is 1. The van der Waals surface area contributed by atoms with Crippen LogP contribution in [0.1, 0.15) is 30.5 Å². The van der Waals surface area contributed by atoms with Crippen LogP contribution < -0.4 is 5.56 Å². The van der Waals surface area contributed by atoms with Gasteiger partial charge in [-0.25, -0.2) is 4.68 Å². The molecule has 0 bridgehead atoms. The summed E-state index contributed by atoms with van der Waals surface area (Å²) in [7, 11) is 1.85. The highest BCUT2D eigenvalue weighted by Gasteiger charge is 2.41. The SMILES string of the molecule is CCO[C@@H]1OC(C(=O)N2CCOCCOCCOCCOCC2)=C[C@H](c2c(C)n(C)n(-c3ccccc3)c2=O)[C@H]1CCOCCOCCO. The summed E-state index contributed by atoms with van der Waals surface area (Å²) in [4.78, 5) is 30.1. The molecule has 1 aromatic carbocycles. The van der Waals surface area contributed by atoms with Crippen LogP contribution in [0.2, 0.25) is 0 Å². The van der Waals surface area contributed by atoms with Gasteiger partial charge in [0, 0.05) is 56.4 Å². The Bertz CT molecular complexity index is 1330. The molecule has 2 aromatic rings. The van der Waals surface area contributed by atoms with E-state index in [0.717, 1.165) is 11.4 Å². The number of hydrogen-bond acceptors (Lipinski definition) is 11. The Morgan fingerprint density at radius 3 is 2.06 bits per heavy atom. The van der Waals surface area contributed by atoms with E-state index in [1.165, 1.54) is 0 Å². The molecule has 3 heterocycles. The first-order valence-corrected chi connectivity index (χ1v) is 17.2. The number of amides is 1. The average Bonchev–Trinajstić information content (AvgIpc) is 3.32. The van der Waals surface area contributed by atoms with Gasteiger partial charge in [-0.3, -0.25) is 14.3 Å². The Balaban J connectivity index is 1.65. The predicted octanol–water partition coefficient (Wildman–Crippen LogP) is 1.79.